The van der Waals surface area contributed by atoms with Crippen molar-refractivity contribution < 1.29 is 14.3 Å². The van der Waals surface area contributed by atoms with E-state index in [9.17, 15) is 9.59 Å². The van der Waals surface area contributed by atoms with E-state index in [0.717, 1.165) is 16.3 Å². The van der Waals surface area contributed by atoms with Crippen LogP contribution in [0.3, 0.4) is 0 Å². The molecule has 1 saturated heterocycles. The van der Waals surface area contributed by atoms with E-state index >= 15 is 0 Å². The van der Waals surface area contributed by atoms with E-state index in [0.29, 0.717) is 0 Å². The highest BCUT2D eigenvalue weighted by Gasteiger charge is 2.27. The van der Waals surface area contributed by atoms with Crippen molar-refractivity contribution in [2.45, 2.75) is 0 Å². The first kappa shape index (κ1) is 11.3. The van der Waals surface area contributed by atoms with E-state index in [1.807, 2.05) is 0 Å². The number of hydrogen-bond donors (Lipinski definition) is 1. The van der Waals surface area contributed by atoms with E-state index in [4.69, 9.17) is 4.74 Å². The maximum Gasteiger partial charge on any atom is 0.342 e. The lowest BCUT2D eigenvalue weighted by atomic mass is 10.3. The number of nitrogens with one attached hydrogen (secondary N) is 1. The third kappa shape index (κ3) is 2.15. The molecule has 17 heavy (non-hydrogen) atoms. The molecule has 1 heterocycles. The van der Waals surface area contributed by atoms with Crippen molar-refractivity contribution >= 4 is 17.6 Å². The van der Waals surface area contributed by atoms with E-state index in [-0.39, 0.29) is 12.5 Å². The Balaban J connectivity index is 2.17. The lowest BCUT2D eigenvalue weighted by Gasteiger charge is -2.32. The fraction of sp³-hybridized carbons (Fsp3) is 0.273. The van der Waals surface area contributed by atoms with Crippen LogP contribution in [0.5, 0.6) is 5.75 Å². The van der Waals surface area contributed by atoms with Gasteiger partial charge in [-0.1, -0.05) is 0 Å². The molecule has 1 N–H and O–H groups in total. The van der Waals surface area contributed by atoms with Crippen molar-refractivity contribution in [3.05, 3.63) is 24.3 Å². The zero-order valence-electron chi connectivity index (χ0n) is 9.64. The number of hydrazine groups is 1. The van der Waals surface area contributed by atoms with Gasteiger partial charge in [-0.25, -0.2) is 10.2 Å². The normalized spacial score (nSPS) is 15.9. The Morgan fingerprint density at radius 3 is 2.41 bits per heavy atom. The number of hydrogen-bond acceptors (Lipinski definition) is 4. The second-order valence-electron chi connectivity index (χ2n) is 3.65. The Morgan fingerprint density at radius 1 is 1.24 bits per heavy atom. The fourth-order valence-corrected chi connectivity index (χ4v) is 1.50. The molecule has 2 rings (SSSR count). The molecule has 1 aliphatic rings. The van der Waals surface area contributed by atoms with Gasteiger partial charge in [-0.3, -0.25) is 14.7 Å². The summed E-state index contributed by atoms with van der Waals surface area (Å²) in [5, 5.41) is 1.50. The van der Waals surface area contributed by atoms with E-state index in [2.05, 4.69) is 5.43 Å². The highest BCUT2D eigenvalue weighted by molar-refractivity contribution is 5.99. The van der Waals surface area contributed by atoms with Crippen molar-refractivity contribution in [3.8, 4) is 5.75 Å². The van der Waals surface area contributed by atoms with Gasteiger partial charge < -0.3 is 4.74 Å². The van der Waals surface area contributed by atoms with Crippen LogP contribution in [0.15, 0.2) is 24.3 Å². The highest BCUT2D eigenvalue weighted by Crippen LogP contribution is 2.19. The number of methoxy groups -OCH3 is 1. The third-order valence-electron chi connectivity index (χ3n) is 2.59. The lowest BCUT2D eigenvalue weighted by molar-refractivity contribution is -0.126. The van der Waals surface area contributed by atoms with E-state index in [1.165, 1.54) is 12.1 Å². The molecule has 0 unspecified atom stereocenters. The number of carbonyl (C=O) groups excluding carboxylic acids is 2. The minimum absolute atomic E-state index is 0.120. The first-order valence-corrected chi connectivity index (χ1v) is 5.10. The number of imide groups is 1. The monoisotopic (exact) mass is 235 g/mol. The van der Waals surface area contributed by atoms with Crippen LogP contribution in [0.1, 0.15) is 0 Å². The zero-order chi connectivity index (χ0) is 12.4. The summed E-state index contributed by atoms with van der Waals surface area (Å²) in [6, 6.07) is 6.65. The predicted octanol–water partition coefficient (Wildman–Crippen LogP) is 0.598. The van der Waals surface area contributed by atoms with Crippen molar-refractivity contribution in [2.24, 2.45) is 0 Å². The largest absolute Gasteiger partial charge is 0.497 e. The molecule has 1 fully saturated rings. The maximum absolute atomic E-state index is 11.5. The Kier molecular flexibility index (Phi) is 2.86. The molecule has 6 nitrogen and oxygen atoms in total. The molecule has 1 aliphatic heterocycles. The number of nitrogens with zero attached hydrogens (tertiary/aromatic N) is 2. The van der Waals surface area contributed by atoms with Crippen molar-refractivity contribution in [3.63, 3.8) is 0 Å². The van der Waals surface area contributed by atoms with E-state index in [1.54, 1.807) is 31.4 Å². The molecule has 0 aromatic heterocycles. The van der Waals surface area contributed by atoms with Crippen LogP contribution in [0, 0.1) is 0 Å². The number of ether oxygens (including phenoxy) is 1. The number of urea groups is 1. The summed E-state index contributed by atoms with van der Waals surface area (Å²) < 4.78 is 5.03. The van der Waals surface area contributed by atoms with Gasteiger partial charge in [0.2, 0.25) is 0 Å². The van der Waals surface area contributed by atoms with Gasteiger partial charge in [-0.05, 0) is 24.3 Å². The summed E-state index contributed by atoms with van der Waals surface area (Å²) in [6.45, 7) is 0.120. The second kappa shape index (κ2) is 4.32. The minimum Gasteiger partial charge on any atom is -0.497 e. The minimum atomic E-state index is -0.433. The molecule has 1 aromatic carbocycles. The van der Waals surface area contributed by atoms with Crippen molar-refractivity contribution in [1.82, 2.24) is 10.3 Å². The average Bonchev–Trinajstić information content (AvgIpc) is 2.35. The number of rotatable bonds is 2. The Labute approximate surface area is 98.7 Å². The van der Waals surface area contributed by atoms with Crippen LogP contribution in [-0.4, -0.2) is 37.5 Å². The number of benzene rings is 1. The van der Waals surface area contributed by atoms with Gasteiger partial charge in [0.05, 0.1) is 12.8 Å². The molecule has 0 spiro atoms. The first-order valence-electron chi connectivity index (χ1n) is 5.10. The molecule has 0 radical (unpaired) electrons. The van der Waals surface area contributed by atoms with Gasteiger partial charge in [0, 0.05) is 7.05 Å². The van der Waals surface area contributed by atoms with Crippen LogP contribution in [0.2, 0.25) is 0 Å². The van der Waals surface area contributed by atoms with Crippen LogP contribution >= 0.6 is 0 Å². The molecule has 0 bridgehead atoms. The SMILES string of the molecule is COc1ccc(N2CC(=O)N(C)C(=O)N2)cc1. The van der Waals surface area contributed by atoms with Crippen molar-refractivity contribution in [2.75, 3.05) is 25.7 Å². The Hall–Kier alpha value is -2.24. The summed E-state index contributed by atoms with van der Waals surface area (Å²) in [7, 11) is 3.03. The first-order chi connectivity index (χ1) is 8.11. The summed E-state index contributed by atoms with van der Waals surface area (Å²) >= 11 is 0. The standard InChI is InChI=1S/C11H13N3O3/c1-13-10(15)7-14(12-11(13)16)8-3-5-9(17-2)6-4-8/h3-6H,7H2,1-2H3,(H,12,16). The summed E-state index contributed by atoms with van der Waals surface area (Å²) in [4.78, 5) is 24.0. The quantitative estimate of drug-likeness (QED) is 0.815. The Bertz CT molecular complexity index is 426. The molecule has 0 aliphatic carbocycles. The molecule has 0 atom stereocenters. The number of anilines is 1. The predicted molar refractivity (Wildman–Crippen MR) is 61.6 cm³/mol. The topological polar surface area (TPSA) is 61.9 Å². The smallest absolute Gasteiger partial charge is 0.342 e. The van der Waals surface area contributed by atoms with E-state index < -0.39 is 6.03 Å². The van der Waals surface area contributed by atoms with Gasteiger partial charge in [0.1, 0.15) is 12.3 Å². The number of carbonyl (C=O) groups is 2. The van der Waals surface area contributed by atoms with Crippen LogP contribution in [0.4, 0.5) is 10.5 Å². The molecule has 6 heteroatoms. The molecule has 1 aromatic rings. The van der Waals surface area contributed by atoms with Gasteiger partial charge in [0.25, 0.3) is 5.91 Å². The fourth-order valence-electron chi connectivity index (χ4n) is 1.50. The van der Waals surface area contributed by atoms with Gasteiger partial charge in [-0.2, -0.15) is 0 Å². The maximum atomic E-state index is 11.5. The second-order valence-corrected chi connectivity index (χ2v) is 3.65. The van der Waals surface area contributed by atoms with Gasteiger partial charge in [0.15, 0.2) is 0 Å². The van der Waals surface area contributed by atoms with Crippen LogP contribution < -0.4 is 15.2 Å². The summed E-state index contributed by atoms with van der Waals surface area (Å²) in [5.74, 6) is 0.477. The van der Waals surface area contributed by atoms with Gasteiger partial charge in [-0.15, -0.1) is 0 Å². The number of likely N-dealkylation sites (N-methyl/N-ethyl adjacent to an activating group) is 1. The molecular weight excluding hydrogens is 222 g/mol. The molecule has 90 valence electrons. The van der Waals surface area contributed by atoms with Crippen LogP contribution in [-0.2, 0) is 4.79 Å². The van der Waals surface area contributed by atoms with Gasteiger partial charge >= 0.3 is 6.03 Å². The zero-order valence-corrected chi connectivity index (χ0v) is 9.64. The van der Waals surface area contributed by atoms with Crippen LogP contribution in [0.25, 0.3) is 0 Å². The summed E-state index contributed by atoms with van der Waals surface area (Å²) in [6.07, 6.45) is 0. The molecule has 3 amide bonds. The lowest BCUT2D eigenvalue weighted by Crippen LogP contribution is -2.59. The highest BCUT2D eigenvalue weighted by atomic mass is 16.5. The summed E-state index contributed by atoms with van der Waals surface area (Å²) in [5.41, 5.74) is 3.35. The average molecular weight is 235 g/mol. The molecule has 0 saturated carbocycles. The van der Waals surface area contributed by atoms with Crippen molar-refractivity contribution in [1.29, 1.82) is 0 Å². The Morgan fingerprint density at radius 2 is 1.88 bits per heavy atom. The number of amides is 3. The molecular formula is C11H13N3O3. The third-order valence-corrected chi connectivity index (χ3v) is 2.59.